The number of nitrogens with one attached hydrogen (secondary N) is 1. The molecular formula is C20H22N2O2. The zero-order chi connectivity index (χ0) is 16.7. The average Bonchev–Trinajstić information content (AvgIpc) is 3.41. The molecule has 1 atom stereocenters. The van der Waals surface area contributed by atoms with E-state index in [0.29, 0.717) is 5.92 Å². The lowest BCUT2D eigenvalue weighted by Gasteiger charge is -2.36. The van der Waals surface area contributed by atoms with Crippen molar-refractivity contribution < 1.29 is 9.53 Å². The van der Waals surface area contributed by atoms with Crippen molar-refractivity contribution in [3.05, 3.63) is 59.2 Å². The van der Waals surface area contributed by atoms with E-state index in [4.69, 9.17) is 4.74 Å². The Labute approximate surface area is 142 Å². The number of methoxy groups -OCH3 is 1. The maximum Gasteiger partial charge on any atom is 0.322 e. The number of fused-ring (bicyclic) bond motifs is 1. The fourth-order valence-corrected chi connectivity index (χ4v) is 3.42. The van der Waals surface area contributed by atoms with Crippen LogP contribution in [0.15, 0.2) is 42.5 Å². The Bertz CT molecular complexity index is 783. The molecule has 1 unspecified atom stereocenters. The molecular weight excluding hydrogens is 300 g/mol. The number of benzene rings is 2. The third-order valence-corrected chi connectivity index (χ3v) is 4.99. The molecule has 1 aliphatic carbocycles. The van der Waals surface area contributed by atoms with E-state index in [2.05, 4.69) is 24.4 Å². The molecule has 0 saturated heterocycles. The van der Waals surface area contributed by atoms with Gasteiger partial charge in [0.15, 0.2) is 0 Å². The number of hydrogen-bond donors (Lipinski definition) is 1. The van der Waals surface area contributed by atoms with Gasteiger partial charge in [-0.2, -0.15) is 0 Å². The number of carbonyl (C=O) groups excluding carboxylic acids is 1. The lowest BCUT2D eigenvalue weighted by molar-refractivity contribution is 0.242. The zero-order valence-corrected chi connectivity index (χ0v) is 14.1. The quantitative estimate of drug-likeness (QED) is 0.923. The highest BCUT2D eigenvalue weighted by Crippen LogP contribution is 2.40. The molecule has 2 aromatic rings. The molecule has 124 valence electrons. The molecule has 2 aliphatic rings. The number of anilines is 1. The van der Waals surface area contributed by atoms with Crippen LogP contribution in [0.1, 0.15) is 35.6 Å². The summed E-state index contributed by atoms with van der Waals surface area (Å²) in [4.78, 5) is 14.6. The summed E-state index contributed by atoms with van der Waals surface area (Å²) in [6, 6.07) is 14.1. The minimum absolute atomic E-state index is 0.00665. The van der Waals surface area contributed by atoms with Gasteiger partial charge < -0.3 is 10.1 Å². The second-order valence-electron chi connectivity index (χ2n) is 6.72. The van der Waals surface area contributed by atoms with Crippen molar-refractivity contribution in [3.8, 4) is 5.75 Å². The van der Waals surface area contributed by atoms with Crippen LogP contribution in [-0.4, -0.2) is 19.7 Å². The van der Waals surface area contributed by atoms with Gasteiger partial charge in [0, 0.05) is 12.1 Å². The number of ether oxygens (including phenoxy) is 1. The van der Waals surface area contributed by atoms with Gasteiger partial charge in [-0.1, -0.05) is 24.3 Å². The predicted octanol–water partition coefficient (Wildman–Crippen LogP) is 4.03. The van der Waals surface area contributed by atoms with Gasteiger partial charge in [0.05, 0.1) is 18.8 Å². The Morgan fingerprint density at radius 1 is 1.17 bits per heavy atom. The topological polar surface area (TPSA) is 41.6 Å². The van der Waals surface area contributed by atoms with Crippen LogP contribution in [0.4, 0.5) is 10.5 Å². The van der Waals surface area contributed by atoms with Gasteiger partial charge >= 0.3 is 6.03 Å². The fourth-order valence-electron chi connectivity index (χ4n) is 3.42. The van der Waals surface area contributed by atoms with Crippen LogP contribution in [0.3, 0.4) is 0 Å². The molecule has 2 amide bonds. The summed E-state index contributed by atoms with van der Waals surface area (Å²) in [5, 5.41) is 3.20. The second-order valence-corrected chi connectivity index (χ2v) is 6.72. The molecule has 4 heteroatoms. The molecule has 4 nitrogen and oxygen atoms in total. The number of nitrogens with zero attached hydrogens (tertiary/aromatic N) is 1. The summed E-state index contributed by atoms with van der Waals surface area (Å²) in [5.41, 5.74) is 4.40. The highest BCUT2D eigenvalue weighted by Gasteiger charge is 2.35. The molecule has 0 aromatic heterocycles. The molecule has 1 heterocycles. The Hall–Kier alpha value is -2.49. The monoisotopic (exact) mass is 322 g/mol. The number of aryl methyl sites for hydroxylation is 1. The summed E-state index contributed by atoms with van der Waals surface area (Å²) in [6.45, 7) is 2.88. The van der Waals surface area contributed by atoms with Crippen molar-refractivity contribution >= 4 is 11.7 Å². The van der Waals surface area contributed by atoms with Gasteiger partial charge in [-0.3, -0.25) is 4.90 Å². The lowest BCUT2D eigenvalue weighted by atomic mass is 9.92. The lowest BCUT2D eigenvalue weighted by Crippen LogP contribution is -2.47. The molecule has 1 N–H and O–H groups in total. The van der Waals surface area contributed by atoms with Crippen LogP contribution in [0.25, 0.3) is 0 Å². The Morgan fingerprint density at radius 3 is 2.67 bits per heavy atom. The molecule has 1 saturated carbocycles. The van der Waals surface area contributed by atoms with E-state index in [1.165, 1.54) is 18.4 Å². The number of urea groups is 1. The van der Waals surface area contributed by atoms with E-state index >= 15 is 0 Å². The average molecular weight is 322 g/mol. The molecule has 0 bridgehead atoms. The predicted molar refractivity (Wildman–Crippen MR) is 94.6 cm³/mol. The van der Waals surface area contributed by atoms with E-state index in [1.54, 1.807) is 7.11 Å². The first kappa shape index (κ1) is 15.1. The van der Waals surface area contributed by atoms with Gasteiger partial charge in [0.1, 0.15) is 5.75 Å². The van der Waals surface area contributed by atoms with Crippen molar-refractivity contribution in [2.75, 3.05) is 18.6 Å². The van der Waals surface area contributed by atoms with E-state index in [0.717, 1.165) is 29.1 Å². The number of amides is 2. The van der Waals surface area contributed by atoms with Gasteiger partial charge in [-0.15, -0.1) is 0 Å². The Morgan fingerprint density at radius 2 is 1.96 bits per heavy atom. The minimum Gasteiger partial charge on any atom is -0.497 e. The first-order valence-corrected chi connectivity index (χ1v) is 8.49. The number of rotatable bonds is 4. The zero-order valence-electron chi connectivity index (χ0n) is 14.1. The summed E-state index contributed by atoms with van der Waals surface area (Å²) in [6.07, 6.45) is 2.44. The maximum absolute atomic E-state index is 12.8. The molecule has 1 fully saturated rings. The van der Waals surface area contributed by atoms with Gasteiger partial charge in [0.2, 0.25) is 0 Å². The third-order valence-electron chi connectivity index (χ3n) is 4.99. The minimum atomic E-state index is -0.140. The summed E-state index contributed by atoms with van der Waals surface area (Å²) >= 11 is 0. The molecule has 0 radical (unpaired) electrons. The van der Waals surface area contributed by atoms with Crippen LogP contribution in [0.2, 0.25) is 0 Å². The van der Waals surface area contributed by atoms with Gasteiger partial charge in [-0.25, -0.2) is 4.79 Å². The smallest absolute Gasteiger partial charge is 0.322 e. The molecule has 0 spiro atoms. The second kappa shape index (κ2) is 5.86. The van der Waals surface area contributed by atoms with Crippen molar-refractivity contribution in [2.24, 2.45) is 5.92 Å². The van der Waals surface area contributed by atoms with Crippen LogP contribution in [0, 0.1) is 12.8 Å². The van der Waals surface area contributed by atoms with E-state index in [-0.39, 0.29) is 12.1 Å². The van der Waals surface area contributed by atoms with Crippen molar-refractivity contribution in [1.82, 2.24) is 5.32 Å². The first-order chi connectivity index (χ1) is 11.7. The number of hydrogen-bond acceptors (Lipinski definition) is 2. The van der Waals surface area contributed by atoms with Crippen LogP contribution in [-0.2, 0) is 0 Å². The molecule has 1 aliphatic heterocycles. The van der Waals surface area contributed by atoms with Crippen molar-refractivity contribution in [2.45, 2.75) is 25.8 Å². The third kappa shape index (κ3) is 2.62. The Balaban J connectivity index is 1.81. The van der Waals surface area contributed by atoms with Crippen molar-refractivity contribution in [3.63, 3.8) is 0 Å². The first-order valence-electron chi connectivity index (χ1n) is 8.49. The molecule has 4 rings (SSSR count). The number of carbonyl (C=O) groups is 1. The largest absolute Gasteiger partial charge is 0.497 e. The summed E-state index contributed by atoms with van der Waals surface area (Å²) in [7, 11) is 1.67. The van der Waals surface area contributed by atoms with Gasteiger partial charge in [0.25, 0.3) is 0 Å². The molecule has 24 heavy (non-hydrogen) atoms. The van der Waals surface area contributed by atoms with Crippen molar-refractivity contribution in [1.29, 1.82) is 0 Å². The van der Waals surface area contributed by atoms with Crippen LogP contribution >= 0.6 is 0 Å². The molecule has 2 aromatic carbocycles. The van der Waals surface area contributed by atoms with Gasteiger partial charge in [-0.05, 0) is 55.0 Å². The van der Waals surface area contributed by atoms with Crippen LogP contribution in [0.5, 0.6) is 5.75 Å². The fraction of sp³-hybridized carbons (Fsp3) is 0.350. The SMILES string of the molecule is COc1ccc2c(c1)C(c1ccccc1C)NC(=O)N2CC1CC1. The maximum atomic E-state index is 12.8. The van der Waals surface area contributed by atoms with E-state index in [1.807, 2.05) is 35.2 Å². The van der Waals surface area contributed by atoms with E-state index < -0.39 is 0 Å². The summed E-state index contributed by atoms with van der Waals surface area (Å²) in [5.74, 6) is 1.45. The highest BCUT2D eigenvalue weighted by molar-refractivity contribution is 5.96. The Kier molecular flexibility index (Phi) is 3.68. The highest BCUT2D eigenvalue weighted by atomic mass is 16.5. The van der Waals surface area contributed by atoms with E-state index in [9.17, 15) is 4.79 Å². The summed E-state index contributed by atoms with van der Waals surface area (Å²) < 4.78 is 5.42. The normalized spacial score (nSPS) is 19.7. The van der Waals surface area contributed by atoms with Crippen LogP contribution < -0.4 is 15.0 Å². The standard InChI is InChI=1S/C20H22N2O2/c1-13-5-3-4-6-16(13)19-17-11-15(24-2)9-10-18(17)22(20(23)21-19)12-14-7-8-14/h3-6,9-11,14,19H,7-8,12H2,1-2H3,(H,21,23).